The smallest absolute Gasteiger partial charge is 0.0470 e. The van der Waals surface area contributed by atoms with Crippen molar-refractivity contribution in [1.82, 2.24) is 4.90 Å². The van der Waals surface area contributed by atoms with Gasteiger partial charge in [0.1, 0.15) is 0 Å². The van der Waals surface area contributed by atoms with Crippen molar-refractivity contribution in [3.8, 4) is 0 Å². The molecular formula is C15H26N2. The van der Waals surface area contributed by atoms with Gasteiger partial charge in [0.15, 0.2) is 0 Å². The number of hydrogen-bond donors (Lipinski definition) is 1. The van der Waals surface area contributed by atoms with Crippen LogP contribution in [0.2, 0.25) is 0 Å². The third-order valence-corrected chi connectivity index (χ3v) is 3.41. The van der Waals surface area contributed by atoms with E-state index in [-0.39, 0.29) is 0 Å². The second-order valence-electron chi connectivity index (χ2n) is 4.95. The summed E-state index contributed by atoms with van der Waals surface area (Å²) in [6.07, 6.45) is 2.46. The Bertz CT molecular complexity index is 347. The lowest BCUT2D eigenvalue weighted by atomic mass is 9.98. The third-order valence-electron chi connectivity index (χ3n) is 3.41. The molecule has 1 unspecified atom stereocenters. The molecular weight excluding hydrogens is 208 g/mol. The minimum absolute atomic E-state index is 0.349. The number of unbranched alkanes of at least 4 members (excludes halogenated alkanes) is 1. The Morgan fingerprint density at radius 2 is 2.00 bits per heavy atom. The Hall–Kier alpha value is -0.860. The van der Waals surface area contributed by atoms with Crippen LogP contribution in [0.4, 0.5) is 0 Å². The van der Waals surface area contributed by atoms with Crippen molar-refractivity contribution in [2.24, 2.45) is 5.73 Å². The molecule has 17 heavy (non-hydrogen) atoms. The molecule has 96 valence electrons. The summed E-state index contributed by atoms with van der Waals surface area (Å²) in [5.41, 5.74) is 9.99. The predicted molar refractivity (Wildman–Crippen MR) is 75.2 cm³/mol. The number of rotatable bonds is 6. The van der Waals surface area contributed by atoms with Crippen LogP contribution in [0.3, 0.4) is 0 Å². The number of nitrogens with zero attached hydrogens (tertiary/aromatic N) is 1. The van der Waals surface area contributed by atoms with Crippen molar-refractivity contribution in [3.05, 3.63) is 34.9 Å². The molecule has 1 aromatic carbocycles. The van der Waals surface area contributed by atoms with Crippen molar-refractivity contribution >= 4 is 0 Å². The number of hydrogen-bond acceptors (Lipinski definition) is 2. The maximum Gasteiger partial charge on any atom is 0.0470 e. The minimum Gasteiger partial charge on any atom is -0.329 e. The molecule has 0 aliphatic rings. The van der Waals surface area contributed by atoms with E-state index in [1.54, 1.807) is 0 Å². The molecule has 0 fully saturated rings. The lowest BCUT2D eigenvalue weighted by Crippen LogP contribution is -2.31. The van der Waals surface area contributed by atoms with E-state index in [9.17, 15) is 0 Å². The van der Waals surface area contributed by atoms with Crippen LogP contribution in [-0.4, -0.2) is 25.0 Å². The van der Waals surface area contributed by atoms with Crippen LogP contribution in [-0.2, 0) is 0 Å². The molecule has 0 saturated carbocycles. The highest BCUT2D eigenvalue weighted by Gasteiger charge is 2.16. The van der Waals surface area contributed by atoms with E-state index in [4.69, 9.17) is 5.73 Å². The molecule has 0 aliphatic carbocycles. The van der Waals surface area contributed by atoms with Crippen LogP contribution < -0.4 is 5.73 Å². The zero-order chi connectivity index (χ0) is 12.8. The maximum absolute atomic E-state index is 5.95. The van der Waals surface area contributed by atoms with E-state index in [1.165, 1.54) is 29.5 Å². The summed E-state index contributed by atoms with van der Waals surface area (Å²) < 4.78 is 0. The van der Waals surface area contributed by atoms with Gasteiger partial charge in [0.2, 0.25) is 0 Å². The number of benzene rings is 1. The molecule has 1 atom stereocenters. The van der Waals surface area contributed by atoms with Crippen LogP contribution in [0.5, 0.6) is 0 Å². The highest BCUT2D eigenvalue weighted by molar-refractivity contribution is 5.33. The SMILES string of the molecule is CCCCN(C)C(CN)c1cc(C)ccc1C. The van der Waals surface area contributed by atoms with Gasteiger partial charge in [-0.3, -0.25) is 4.90 Å². The Labute approximate surface area is 106 Å². The summed E-state index contributed by atoms with van der Waals surface area (Å²) in [5.74, 6) is 0. The Morgan fingerprint density at radius 3 is 2.59 bits per heavy atom. The molecule has 0 aliphatic heterocycles. The molecule has 1 aromatic rings. The largest absolute Gasteiger partial charge is 0.329 e. The van der Waals surface area contributed by atoms with Gasteiger partial charge < -0.3 is 5.73 Å². The first-order valence-corrected chi connectivity index (χ1v) is 6.57. The van der Waals surface area contributed by atoms with Crippen molar-refractivity contribution < 1.29 is 0 Å². The highest BCUT2D eigenvalue weighted by atomic mass is 15.1. The second kappa shape index (κ2) is 6.77. The van der Waals surface area contributed by atoms with Crippen molar-refractivity contribution in [2.75, 3.05) is 20.1 Å². The lowest BCUT2D eigenvalue weighted by molar-refractivity contribution is 0.246. The van der Waals surface area contributed by atoms with Crippen LogP contribution in [0.15, 0.2) is 18.2 Å². The summed E-state index contributed by atoms with van der Waals surface area (Å²) in [4.78, 5) is 2.38. The standard InChI is InChI=1S/C15H26N2/c1-5-6-9-17(4)15(11-16)14-10-12(2)7-8-13(14)3/h7-8,10,15H,5-6,9,11,16H2,1-4H3. The highest BCUT2D eigenvalue weighted by Crippen LogP contribution is 2.23. The van der Waals surface area contributed by atoms with E-state index < -0.39 is 0 Å². The Kier molecular flexibility index (Phi) is 5.66. The van der Waals surface area contributed by atoms with Gasteiger partial charge in [0.05, 0.1) is 0 Å². The first-order valence-electron chi connectivity index (χ1n) is 6.57. The zero-order valence-corrected chi connectivity index (χ0v) is 11.7. The summed E-state index contributed by atoms with van der Waals surface area (Å²) in [6, 6.07) is 6.98. The molecule has 0 radical (unpaired) electrons. The van der Waals surface area contributed by atoms with E-state index in [2.05, 4.69) is 50.9 Å². The molecule has 1 rings (SSSR count). The molecule has 0 aromatic heterocycles. The molecule has 0 spiro atoms. The van der Waals surface area contributed by atoms with Crippen LogP contribution in [0.25, 0.3) is 0 Å². The fourth-order valence-corrected chi connectivity index (χ4v) is 2.23. The Morgan fingerprint density at radius 1 is 1.29 bits per heavy atom. The fraction of sp³-hybridized carbons (Fsp3) is 0.600. The predicted octanol–water partition coefficient (Wildman–Crippen LogP) is 3.04. The van der Waals surface area contributed by atoms with Crippen LogP contribution in [0, 0.1) is 13.8 Å². The zero-order valence-electron chi connectivity index (χ0n) is 11.7. The first-order chi connectivity index (χ1) is 8.10. The van der Waals surface area contributed by atoms with Gasteiger partial charge in [-0.05, 0) is 45.0 Å². The number of likely N-dealkylation sites (N-methyl/N-ethyl adjacent to an activating group) is 1. The van der Waals surface area contributed by atoms with Gasteiger partial charge >= 0.3 is 0 Å². The monoisotopic (exact) mass is 234 g/mol. The molecule has 2 heteroatoms. The first kappa shape index (κ1) is 14.2. The summed E-state index contributed by atoms with van der Waals surface area (Å²) in [5, 5.41) is 0. The minimum atomic E-state index is 0.349. The second-order valence-corrected chi connectivity index (χ2v) is 4.95. The van der Waals surface area contributed by atoms with Gasteiger partial charge in [-0.15, -0.1) is 0 Å². The number of aryl methyl sites for hydroxylation is 2. The molecule has 0 bridgehead atoms. The molecule has 0 amide bonds. The van der Waals surface area contributed by atoms with E-state index in [0.29, 0.717) is 12.6 Å². The average Bonchev–Trinajstić information content (AvgIpc) is 2.32. The summed E-state index contributed by atoms with van der Waals surface area (Å²) >= 11 is 0. The van der Waals surface area contributed by atoms with Crippen molar-refractivity contribution in [2.45, 2.75) is 39.7 Å². The number of nitrogens with two attached hydrogens (primary N) is 1. The van der Waals surface area contributed by atoms with E-state index >= 15 is 0 Å². The normalized spacial score (nSPS) is 13.1. The summed E-state index contributed by atoms with van der Waals surface area (Å²) in [6.45, 7) is 8.34. The maximum atomic E-state index is 5.95. The Balaban J connectivity index is 2.88. The topological polar surface area (TPSA) is 29.3 Å². The molecule has 2 nitrogen and oxygen atoms in total. The molecule has 0 heterocycles. The fourth-order valence-electron chi connectivity index (χ4n) is 2.23. The van der Waals surface area contributed by atoms with Gasteiger partial charge in [-0.25, -0.2) is 0 Å². The van der Waals surface area contributed by atoms with E-state index in [1.807, 2.05) is 0 Å². The van der Waals surface area contributed by atoms with Gasteiger partial charge in [0.25, 0.3) is 0 Å². The molecule has 0 saturated heterocycles. The van der Waals surface area contributed by atoms with Crippen molar-refractivity contribution in [3.63, 3.8) is 0 Å². The molecule has 2 N–H and O–H groups in total. The van der Waals surface area contributed by atoms with Crippen LogP contribution >= 0.6 is 0 Å². The third kappa shape index (κ3) is 3.83. The van der Waals surface area contributed by atoms with Gasteiger partial charge in [-0.1, -0.05) is 37.1 Å². The van der Waals surface area contributed by atoms with Gasteiger partial charge in [-0.2, -0.15) is 0 Å². The lowest BCUT2D eigenvalue weighted by Gasteiger charge is -2.28. The van der Waals surface area contributed by atoms with Gasteiger partial charge in [0, 0.05) is 12.6 Å². The van der Waals surface area contributed by atoms with Crippen LogP contribution in [0.1, 0.15) is 42.5 Å². The summed E-state index contributed by atoms with van der Waals surface area (Å²) in [7, 11) is 2.18. The van der Waals surface area contributed by atoms with Crippen molar-refractivity contribution in [1.29, 1.82) is 0 Å². The average molecular weight is 234 g/mol. The van der Waals surface area contributed by atoms with E-state index in [0.717, 1.165) is 6.54 Å². The quantitative estimate of drug-likeness (QED) is 0.819.